The molecule has 7 heteroatoms. The second kappa shape index (κ2) is 13.1. The van der Waals surface area contributed by atoms with E-state index in [0.29, 0.717) is 31.9 Å². The number of methoxy groups -OCH3 is 1. The number of rotatable bonds is 9. The molecule has 6 nitrogen and oxygen atoms in total. The summed E-state index contributed by atoms with van der Waals surface area (Å²) in [4.78, 5) is 4.54. The zero-order valence-electron chi connectivity index (χ0n) is 15.8. The minimum atomic E-state index is 0. The Hall–Kier alpha value is -2.16. The van der Waals surface area contributed by atoms with Crippen LogP contribution in [0.1, 0.15) is 12.5 Å². The van der Waals surface area contributed by atoms with E-state index in [0.717, 1.165) is 23.8 Å². The average Bonchev–Trinajstić information content (AvgIpc) is 2.67. The summed E-state index contributed by atoms with van der Waals surface area (Å²) in [5, 5.41) is 16.6. The molecule has 148 valence electrons. The van der Waals surface area contributed by atoms with Gasteiger partial charge in [-0.3, -0.25) is 4.99 Å². The highest BCUT2D eigenvalue weighted by Gasteiger charge is 2.06. The van der Waals surface area contributed by atoms with Gasteiger partial charge in [-0.15, -0.1) is 24.0 Å². The van der Waals surface area contributed by atoms with Crippen molar-refractivity contribution < 1.29 is 14.6 Å². The molecule has 0 amide bonds. The first-order valence-electron chi connectivity index (χ1n) is 8.79. The van der Waals surface area contributed by atoms with Crippen molar-refractivity contribution in [2.45, 2.75) is 13.3 Å². The topological polar surface area (TPSA) is 75.1 Å². The van der Waals surface area contributed by atoms with E-state index in [4.69, 9.17) is 9.47 Å². The van der Waals surface area contributed by atoms with E-state index in [2.05, 4.69) is 15.6 Å². The standard InChI is InChI=1S/C20H27N3O3.HI/c1-3-21-20(23-14-15-26-17-9-5-4-6-10-17)22-13-12-16-8-7-11-18(25-2)19(16)24;/h4-11,24H,3,12-15H2,1-2H3,(H2,21,22,23);1H. The Bertz CT molecular complexity index is 696. The highest BCUT2D eigenvalue weighted by molar-refractivity contribution is 14.0. The molecule has 0 atom stereocenters. The van der Waals surface area contributed by atoms with Gasteiger partial charge in [0.05, 0.1) is 13.7 Å². The minimum absolute atomic E-state index is 0. The van der Waals surface area contributed by atoms with Crippen molar-refractivity contribution in [3.05, 3.63) is 54.1 Å². The Morgan fingerprint density at radius 1 is 1.07 bits per heavy atom. The molecule has 0 radical (unpaired) electrons. The fourth-order valence-corrected chi connectivity index (χ4v) is 2.42. The molecule has 0 aliphatic heterocycles. The molecule has 0 aliphatic carbocycles. The quantitative estimate of drug-likeness (QED) is 0.220. The number of aliphatic imine (C=N–C) groups is 1. The second-order valence-electron chi connectivity index (χ2n) is 5.57. The van der Waals surface area contributed by atoms with E-state index in [1.165, 1.54) is 0 Å². The van der Waals surface area contributed by atoms with Gasteiger partial charge in [-0.2, -0.15) is 0 Å². The molecule has 0 bridgehead atoms. The van der Waals surface area contributed by atoms with E-state index < -0.39 is 0 Å². The third kappa shape index (κ3) is 7.94. The molecule has 27 heavy (non-hydrogen) atoms. The number of benzene rings is 2. The lowest BCUT2D eigenvalue weighted by Crippen LogP contribution is -2.39. The molecule has 0 unspecified atom stereocenters. The monoisotopic (exact) mass is 485 g/mol. The number of nitrogens with one attached hydrogen (secondary N) is 2. The van der Waals surface area contributed by atoms with Crippen LogP contribution in [0.4, 0.5) is 0 Å². The van der Waals surface area contributed by atoms with Crippen molar-refractivity contribution in [2.24, 2.45) is 4.99 Å². The Morgan fingerprint density at radius 2 is 1.85 bits per heavy atom. The summed E-state index contributed by atoms with van der Waals surface area (Å²) in [6.45, 7) is 4.53. The lowest BCUT2D eigenvalue weighted by Gasteiger charge is -2.12. The lowest BCUT2D eigenvalue weighted by atomic mass is 10.1. The predicted octanol–water partition coefficient (Wildman–Crippen LogP) is 3.20. The maximum atomic E-state index is 10.1. The highest BCUT2D eigenvalue weighted by atomic mass is 127. The number of ether oxygens (including phenoxy) is 2. The van der Waals surface area contributed by atoms with Crippen LogP contribution in [0, 0.1) is 0 Å². The summed E-state index contributed by atoms with van der Waals surface area (Å²) in [6, 6.07) is 15.2. The zero-order valence-corrected chi connectivity index (χ0v) is 18.1. The van der Waals surface area contributed by atoms with Crippen LogP contribution in [-0.4, -0.2) is 44.4 Å². The maximum Gasteiger partial charge on any atom is 0.191 e. The first-order chi connectivity index (χ1) is 12.7. The molecule has 2 aromatic rings. The fraction of sp³-hybridized carbons (Fsp3) is 0.350. The zero-order chi connectivity index (χ0) is 18.6. The molecule has 0 fully saturated rings. The third-order valence-electron chi connectivity index (χ3n) is 3.70. The van der Waals surface area contributed by atoms with Crippen LogP contribution in [0.15, 0.2) is 53.5 Å². The van der Waals surface area contributed by atoms with E-state index in [-0.39, 0.29) is 29.7 Å². The number of guanidine groups is 1. The van der Waals surface area contributed by atoms with Gasteiger partial charge in [0, 0.05) is 13.1 Å². The van der Waals surface area contributed by atoms with Gasteiger partial charge in [0.1, 0.15) is 12.4 Å². The van der Waals surface area contributed by atoms with Gasteiger partial charge in [0.15, 0.2) is 17.5 Å². The van der Waals surface area contributed by atoms with E-state index in [1.807, 2.05) is 49.4 Å². The minimum Gasteiger partial charge on any atom is -0.504 e. The van der Waals surface area contributed by atoms with Crippen LogP contribution in [0.25, 0.3) is 0 Å². The summed E-state index contributed by atoms with van der Waals surface area (Å²) in [6.07, 6.45) is 0.625. The third-order valence-corrected chi connectivity index (χ3v) is 3.70. The molecule has 0 saturated carbocycles. The predicted molar refractivity (Wildman–Crippen MR) is 120 cm³/mol. The number of phenols is 1. The molecule has 2 rings (SSSR count). The lowest BCUT2D eigenvalue weighted by molar-refractivity contribution is 0.322. The van der Waals surface area contributed by atoms with Gasteiger partial charge in [0.25, 0.3) is 0 Å². The number of hydrogen-bond donors (Lipinski definition) is 3. The number of aromatic hydroxyl groups is 1. The van der Waals surface area contributed by atoms with Crippen LogP contribution in [0.3, 0.4) is 0 Å². The molecule has 0 heterocycles. The molecule has 3 N–H and O–H groups in total. The molecule has 0 aromatic heterocycles. The summed E-state index contributed by atoms with van der Waals surface area (Å²) in [5.41, 5.74) is 0.816. The maximum absolute atomic E-state index is 10.1. The number of para-hydroxylation sites is 2. The molecule has 0 aliphatic rings. The van der Waals surface area contributed by atoms with Crippen molar-refractivity contribution >= 4 is 29.9 Å². The van der Waals surface area contributed by atoms with Gasteiger partial charge >= 0.3 is 0 Å². The van der Waals surface area contributed by atoms with E-state index >= 15 is 0 Å². The SMILES string of the molecule is CCNC(=NCCc1cccc(OC)c1O)NCCOc1ccccc1.I. The normalized spacial score (nSPS) is 10.7. The number of phenolic OH excluding ortho intramolecular Hbond substituents is 1. The van der Waals surface area contributed by atoms with E-state index in [1.54, 1.807) is 13.2 Å². The fourth-order valence-electron chi connectivity index (χ4n) is 2.42. The van der Waals surface area contributed by atoms with E-state index in [9.17, 15) is 5.11 Å². The van der Waals surface area contributed by atoms with Gasteiger partial charge in [0.2, 0.25) is 0 Å². The summed E-state index contributed by atoms with van der Waals surface area (Å²) in [7, 11) is 1.54. The first-order valence-corrected chi connectivity index (χ1v) is 8.79. The second-order valence-corrected chi connectivity index (χ2v) is 5.57. The smallest absolute Gasteiger partial charge is 0.191 e. The Balaban J connectivity index is 0.00000364. The van der Waals surface area contributed by atoms with Gasteiger partial charge in [-0.25, -0.2) is 0 Å². The average molecular weight is 485 g/mol. The van der Waals surface area contributed by atoms with Crippen molar-refractivity contribution in [2.75, 3.05) is 33.4 Å². The van der Waals surface area contributed by atoms with Crippen LogP contribution in [0.2, 0.25) is 0 Å². The highest BCUT2D eigenvalue weighted by Crippen LogP contribution is 2.29. The van der Waals surface area contributed by atoms with Gasteiger partial charge in [-0.05, 0) is 37.1 Å². The number of nitrogens with zero attached hydrogens (tertiary/aromatic N) is 1. The Morgan fingerprint density at radius 3 is 2.56 bits per heavy atom. The summed E-state index contributed by atoms with van der Waals surface area (Å²) >= 11 is 0. The van der Waals surface area contributed by atoms with Crippen molar-refractivity contribution in [3.8, 4) is 17.2 Å². The number of halogens is 1. The molecule has 2 aromatic carbocycles. The first kappa shape index (κ1) is 22.9. The molecule has 0 spiro atoms. The van der Waals surface area contributed by atoms with Crippen LogP contribution >= 0.6 is 24.0 Å². The molecular weight excluding hydrogens is 457 g/mol. The van der Waals surface area contributed by atoms with Crippen LogP contribution in [-0.2, 0) is 6.42 Å². The van der Waals surface area contributed by atoms with Crippen molar-refractivity contribution in [1.29, 1.82) is 0 Å². The molecular formula is C20H28IN3O3. The number of hydrogen-bond acceptors (Lipinski definition) is 4. The Labute approximate surface area is 178 Å². The largest absolute Gasteiger partial charge is 0.504 e. The Kier molecular flexibility index (Phi) is 11.1. The summed E-state index contributed by atoms with van der Waals surface area (Å²) in [5.74, 6) is 2.24. The van der Waals surface area contributed by atoms with Gasteiger partial charge < -0.3 is 25.2 Å². The van der Waals surface area contributed by atoms with Gasteiger partial charge in [-0.1, -0.05) is 30.3 Å². The van der Waals surface area contributed by atoms with Crippen LogP contribution in [0.5, 0.6) is 17.2 Å². The van der Waals surface area contributed by atoms with Crippen molar-refractivity contribution in [1.82, 2.24) is 10.6 Å². The summed E-state index contributed by atoms with van der Waals surface area (Å²) < 4.78 is 10.8. The molecule has 0 saturated heterocycles. The van der Waals surface area contributed by atoms with Crippen molar-refractivity contribution in [3.63, 3.8) is 0 Å². The van der Waals surface area contributed by atoms with Crippen LogP contribution < -0.4 is 20.1 Å².